The van der Waals surface area contributed by atoms with Gasteiger partial charge in [0, 0.05) is 31.9 Å². The average molecular weight is 469 g/mol. The third-order valence-corrected chi connectivity index (χ3v) is 7.95. The molecule has 1 fully saturated rings. The molecule has 0 radical (unpaired) electrons. The van der Waals surface area contributed by atoms with Crippen molar-refractivity contribution in [2.24, 2.45) is 0 Å². The first-order chi connectivity index (χ1) is 15.8. The van der Waals surface area contributed by atoms with E-state index >= 15 is 0 Å². The van der Waals surface area contributed by atoms with E-state index in [1.54, 1.807) is 24.3 Å². The largest absolute Gasteiger partial charge is 0.369 e. The molecule has 4 rings (SSSR count). The Kier molecular flexibility index (Phi) is 6.81. The molecule has 8 nitrogen and oxygen atoms in total. The standard InChI is InChI=1S/C24H32N6O2S/c1-5-22(28-12-14-29(15-13-28)23-16-19(3)6-9-20(23)4)24-25-26-27-30(24)17-33(31,32)21-10-7-18(2)8-11-21/h6-11,16,22H,5,12-15,17H2,1-4H3/t22-/m0/s1. The number of rotatable bonds is 7. The molecule has 1 aliphatic rings. The number of tetrazole rings is 1. The number of sulfone groups is 1. The van der Waals surface area contributed by atoms with E-state index in [-0.39, 0.29) is 16.8 Å². The maximum atomic E-state index is 13.0. The van der Waals surface area contributed by atoms with Crippen LogP contribution in [-0.4, -0.2) is 59.7 Å². The molecule has 1 atom stereocenters. The highest BCUT2D eigenvalue weighted by atomic mass is 32.2. The molecule has 1 aromatic heterocycles. The van der Waals surface area contributed by atoms with Crippen molar-refractivity contribution in [2.75, 3.05) is 31.1 Å². The lowest BCUT2D eigenvalue weighted by molar-refractivity contribution is 0.170. The Morgan fingerprint density at radius 3 is 2.27 bits per heavy atom. The molecule has 2 aromatic carbocycles. The molecular weight excluding hydrogens is 436 g/mol. The minimum atomic E-state index is -3.55. The third kappa shape index (κ3) is 5.09. The van der Waals surface area contributed by atoms with E-state index in [1.807, 2.05) is 6.92 Å². The van der Waals surface area contributed by atoms with Gasteiger partial charge in [0.15, 0.2) is 21.5 Å². The van der Waals surface area contributed by atoms with E-state index in [1.165, 1.54) is 21.5 Å². The van der Waals surface area contributed by atoms with E-state index in [2.05, 4.69) is 64.3 Å². The van der Waals surface area contributed by atoms with Crippen LogP contribution in [0.25, 0.3) is 0 Å². The van der Waals surface area contributed by atoms with Gasteiger partial charge in [0.05, 0.1) is 10.9 Å². The Morgan fingerprint density at radius 1 is 0.939 bits per heavy atom. The number of aryl methyl sites for hydroxylation is 3. The summed E-state index contributed by atoms with van der Waals surface area (Å²) >= 11 is 0. The Labute approximate surface area is 196 Å². The van der Waals surface area contributed by atoms with E-state index in [4.69, 9.17) is 0 Å². The highest BCUT2D eigenvalue weighted by Crippen LogP contribution is 2.28. The van der Waals surface area contributed by atoms with Crippen LogP contribution in [0.5, 0.6) is 0 Å². The fourth-order valence-electron chi connectivity index (χ4n) is 4.46. The van der Waals surface area contributed by atoms with Crippen LogP contribution in [0.2, 0.25) is 0 Å². The number of anilines is 1. The molecule has 33 heavy (non-hydrogen) atoms. The molecule has 0 amide bonds. The lowest BCUT2D eigenvalue weighted by Gasteiger charge is -2.40. The summed E-state index contributed by atoms with van der Waals surface area (Å²) in [6.45, 7) is 11.8. The number of hydrogen-bond donors (Lipinski definition) is 0. The van der Waals surface area contributed by atoms with Crippen LogP contribution in [0.3, 0.4) is 0 Å². The zero-order valence-corrected chi connectivity index (χ0v) is 20.6. The summed E-state index contributed by atoms with van der Waals surface area (Å²) < 4.78 is 27.4. The molecule has 3 aromatic rings. The number of piperazine rings is 1. The Morgan fingerprint density at radius 2 is 1.61 bits per heavy atom. The van der Waals surface area contributed by atoms with Crippen molar-refractivity contribution in [1.82, 2.24) is 25.1 Å². The molecule has 0 bridgehead atoms. The number of nitrogens with zero attached hydrogens (tertiary/aromatic N) is 6. The Bertz CT molecular complexity index is 1200. The number of hydrogen-bond acceptors (Lipinski definition) is 7. The van der Waals surface area contributed by atoms with Crippen LogP contribution >= 0.6 is 0 Å². The van der Waals surface area contributed by atoms with Crippen molar-refractivity contribution in [3.8, 4) is 0 Å². The number of aromatic nitrogens is 4. The second kappa shape index (κ2) is 9.61. The van der Waals surface area contributed by atoms with Gasteiger partial charge in [0.1, 0.15) is 0 Å². The summed E-state index contributed by atoms with van der Waals surface area (Å²) in [7, 11) is -3.55. The normalized spacial score (nSPS) is 16.2. The van der Waals surface area contributed by atoms with E-state index < -0.39 is 9.84 Å². The average Bonchev–Trinajstić information content (AvgIpc) is 3.24. The maximum Gasteiger partial charge on any atom is 0.198 e. The van der Waals surface area contributed by atoms with Gasteiger partial charge in [-0.2, -0.15) is 0 Å². The first kappa shape index (κ1) is 23.4. The van der Waals surface area contributed by atoms with Crippen molar-refractivity contribution in [2.45, 2.75) is 50.9 Å². The summed E-state index contributed by atoms with van der Waals surface area (Å²) in [5.41, 5.74) is 4.85. The monoisotopic (exact) mass is 468 g/mol. The van der Waals surface area contributed by atoms with Gasteiger partial charge >= 0.3 is 0 Å². The summed E-state index contributed by atoms with van der Waals surface area (Å²) in [4.78, 5) is 5.07. The minimum absolute atomic E-state index is 0.0334. The zero-order chi connectivity index (χ0) is 23.6. The fraction of sp³-hybridized carbons (Fsp3) is 0.458. The molecule has 0 N–H and O–H groups in total. The van der Waals surface area contributed by atoms with Gasteiger partial charge in [-0.15, -0.1) is 5.10 Å². The van der Waals surface area contributed by atoms with Crippen LogP contribution in [0, 0.1) is 20.8 Å². The first-order valence-electron chi connectivity index (χ1n) is 11.4. The predicted molar refractivity (Wildman–Crippen MR) is 129 cm³/mol. The van der Waals surface area contributed by atoms with Gasteiger partial charge < -0.3 is 4.90 Å². The summed E-state index contributed by atoms with van der Waals surface area (Å²) in [6, 6.07) is 13.4. The number of benzene rings is 2. The van der Waals surface area contributed by atoms with Gasteiger partial charge in [-0.05, 0) is 66.9 Å². The molecule has 1 saturated heterocycles. The predicted octanol–water partition coefficient (Wildman–Crippen LogP) is 3.30. The highest BCUT2D eigenvalue weighted by molar-refractivity contribution is 7.90. The van der Waals surface area contributed by atoms with Crippen LogP contribution in [0.4, 0.5) is 5.69 Å². The van der Waals surface area contributed by atoms with Crippen LogP contribution < -0.4 is 4.90 Å². The summed E-state index contributed by atoms with van der Waals surface area (Å²) in [6.07, 6.45) is 0.800. The van der Waals surface area contributed by atoms with Gasteiger partial charge in [-0.1, -0.05) is 36.8 Å². The fourth-order valence-corrected chi connectivity index (χ4v) is 5.67. The molecule has 2 heterocycles. The lowest BCUT2D eigenvalue weighted by Crippen LogP contribution is -2.48. The van der Waals surface area contributed by atoms with Crippen molar-refractivity contribution in [3.63, 3.8) is 0 Å². The SMILES string of the molecule is CC[C@@H](c1nnnn1CS(=O)(=O)c1ccc(C)cc1)N1CCN(c2cc(C)ccc2C)CC1. The molecule has 1 aliphatic heterocycles. The van der Waals surface area contributed by atoms with Crippen molar-refractivity contribution in [3.05, 3.63) is 65.0 Å². The molecule has 0 saturated carbocycles. The van der Waals surface area contributed by atoms with Crippen LogP contribution in [-0.2, 0) is 15.7 Å². The quantitative estimate of drug-likeness (QED) is 0.526. The molecule has 176 valence electrons. The summed E-state index contributed by atoms with van der Waals surface area (Å²) in [5.74, 6) is 0.338. The Hall–Kier alpha value is -2.78. The van der Waals surface area contributed by atoms with Crippen LogP contribution in [0.1, 0.15) is 41.9 Å². The summed E-state index contributed by atoms with van der Waals surface area (Å²) in [5, 5.41) is 12.1. The molecule has 0 spiro atoms. The van der Waals surface area contributed by atoms with Crippen molar-refractivity contribution < 1.29 is 8.42 Å². The Balaban J connectivity index is 1.49. The van der Waals surface area contributed by atoms with E-state index in [0.29, 0.717) is 5.82 Å². The van der Waals surface area contributed by atoms with Gasteiger partial charge in [-0.3, -0.25) is 4.90 Å². The van der Waals surface area contributed by atoms with E-state index in [9.17, 15) is 8.42 Å². The second-order valence-corrected chi connectivity index (χ2v) is 10.8. The molecule has 0 unspecified atom stereocenters. The van der Waals surface area contributed by atoms with Crippen molar-refractivity contribution in [1.29, 1.82) is 0 Å². The van der Waals surface area contributed by atoms with Gasteiger partial charge in [0.25, 0.3) is 0 Å². The second-order valence-electron chi connectivity index (χ2n) is 8.83. The zero-order valence-electron chi connectivity index (χ0n) is 19.8. The lowest BCUT2D eigenvalue weighted by atomic mass is 10.1. The first-order valence-corrected chi connectivity index (χ1v) is 13.1. The van der Waals surface area contributed by atoms with E-state index in [0.717, 1.165) is 38.2 Å². The van der Waals surface area contributed by atoms with Crippen LogP contribution in [0.15, 0.2) is 47.4 Å². The maximum absolute atomic E-state index is 13.0. The highest BCUT2D eigenvalue weighted by Gasteiger charge is 2.30. The minimum Gasteiger partial charge on any atom is -0.369 e. The molecule has 9 heteroatoms. The smallest absolute Gasteiger partial charge is 0.198 e. The topological polar surface area (TPSA) is 84.2 Å². The molecular formula is C24H32N6O2S. The van der Waals surface area contributed by atoms with Gasteiger partial charge in [-0.25, -0.2) is 13.1 Å². The third-order valence-electron chi connectivity index (χ3n) is 6.38. The van der Waals surface area contributed by atoms with Gasteiger partial charge in [0.2, 0.25) is 0 Å². The molecule has 0 aliphatic carbocycles. The van der Waals surface area contributed by atoms with Crippen molar-refractivity contribution >= 4 is 15.5 Å².